The first-order valence-electron chi connectivity index (χ1n) is 4.35. The topological polar surface area (TPSA) is 70.2 Å². The number of hydrogen-bond donors (Lipinski definition) is 2. The van der Waals surface area contributed by atoms with Crippen molar-refractivity contribution in [1.29, 1.82) is 0 Å². The summed E-state index contributed by atoms with van der Waals surface area (Å²) in [7, 11) is 0. The number of nitrogens with one attached hydrogen (secondary N) is 2. The Kier molecular flexibility index (Phi) is 2.77. The second-order valence-electron chi connectivity index (χ2n) is 4.30. The summed E-state index contributed by atoms with van der Waals surface area (Å²) in [6.07, 6.45) is 0. The Hall–Kier alpha value is 0.850. The molecule has 1 atom stereocenters. The molecule has 0 bridgehead atoms. The normalized spacial score (nSPS) is 26.7. The molecular weight excluding hydrogens is 410 g/mol. The first-order valence-corrected chi connectivity index (χ1v) is 11.0. The molecule has 0 aliphatic carbocycles. The second kappa shape index (κ2) is 3.42. The molecule has 0 saturated carbocycles. The van der Waals surface area contributed by atoms with Crippen molar-refractivity contribution in [2.45, 2.75) is 34.0 Å². The van der Waals surface area contributed by atoms with Crippen LogP contribution in [0.2, 0.25) is 0 Å². The average Bonchev–Trinajstić information content (AvgIpc) is 2.71. The van der Waals surface area contributed by atoms with E-state index in [9.17, 15) is 4.79 Å². The molecule has 2 aliphatic rings. The maximum absolute atomic E-state index is 11.9. The fourth-order valence-corrected chi connectivity index (χ4v) is 11.5. The van der Waals surface area contributed by atoms with Gasteiger partial charge in [-0.1, -0.05) is 0 Å². The number of esters is 1. The molecule has 2 N–H and O–H groups in total. The number of ether oxygens (including phenoxy) is 1. The zero-order valence-corrected chi connectivity index (χ0v) is 13.0. The van der Waals surface area contributed by atoms with E-state index in [0.717, 1.165) is 0 Å². The summed E-state index contributed by atoms with van der Waals surface area (Å²) >= 11 is -1.09. The van der Waals surface area contributed by atoms with Crippen molar-refractivity contribution in [3.63, 3.8) is 0 Å². The SMILES string of the molecule is C[I-]C(C(=O)OC(C)(C)C)C12NI1N2. The van der Waals surface area contributed by atoms with E-state index in [0.29, 0.717) is 0 Å². The standard InChI is InChI=1S/C8H15I2N2O2/c1-7(2,3)14-6(13)5(9-4)8-10(11-8)12-8/h5,11-12H,1-4H3/q-1. The summed E-state index contributed by atoms with van der Waals surface area (Å²) in [6, 6.07) is 0. The number of halogens is 2. The Bertz CT molecular complexity index is 271. The van der Waals surface area contributed by atoms with Crippen molar-refractivity contribution in [1.82, 2.24) is 7.06 Å². The summed E-state index contributed by atoms with van der Waals surface area (Å²) < 4.78 is 12.4. The van der Waals surface area contributed by atoms with Crippen molar-refractivity contribution >= 4 is 26.3 Å². The summed E-state index contributed by atoms with van der Waals surface area (Å²) in [4.78, 5) is 14.0. The van der Waals surface area contributed by atoms with Gasteiger partial charge >= 0.3 is 103 Å². The van der Waals surface area contributed by atoms with Gasteiger partial charge in [-0.2, -0.15) is 0 Å². The molecule has 0 aromatic rings. The van der Waals surface area contributed by atoms with Crippen LogP contribution in [0.4, 0.5) is 0 Å². The molecule has 2 fully saturated rings. The Morgan fingerprint density at radius 1 is 1.50 bits per heavy atom. The first-order chi connectivity index (χ1) is 6.39. The van der Waals surface area contributed by atoms with Gasteiger partial charge in [-0.25, -0.2) is 0 Å². The van der Waals surface area contributed by atoms with E-state index >= 15 is 0 Å². The van der Waals surface area contributed by atoms with Crippen molar-refractivity contribution in [3.8, 4) is 0 Å². The maximum atomic E-state index is 11.9. The van der Waals surface area contributed by atoms with Crippen LogP contribution in [0.5, 0.6) is 0 Å². The molecule has 0 spiro atoms. The number of carbonyl (C=O) groups is 1. The Morgan fingerprint density at radius 2 is 2.00 bits per heavy atom. The third-order valence-electron chi connectivity index (χ3n) is 1.87. The zero-order chi connectivity index (χ0) is 10.6. The van der Waals surface area contributed by atoms with Crippen LogP contribution in [0, 0.1) is 0 Å². The minimum atomic E-state index is -0.987. The Morgan fingerprint density at radius 3 is 2.29 bits per heavy atom. The second-order valence-corrected chi connectivity index (χ2v) is 11.2. The summed E-state index contributed by atoms with van der Waals surface area (Å²) in [5, 5.41) is 0. The third-order valence-corrected chi connectivity index (χ3v) is 10.3. The molecule has 84 valence electrons. The molecule has 2 rings (SSSR count). The van der Waals surface area contributed by atoms with Crippen molar-refractivity contribution in [2.24, 2.45) is 0 Å². The van der Waals surface area contributed by atoms with Gasteiger partial charge in [0, 0.05) is 0 Å². The van der Waals surface area contributed by atoms with Gasteiger partial charge < -0.3 is 0 Å². The predicted molar refractivity (Wildman–Crippen MR) is 58.6 cm³/mol. The van der Waals surface area contributed by atoms with Gasteiger partial charge in [0.15, 0.2) is 0 Å². The van der Waals surface area contributed by atoms with Gasteiger partial charge in [0.1, 0.15) is 0 Å². The molecule has 1 unspecified atom stereocenters. The molecule has 2 heterocycles. The van der Waals surface area contributed by atoms with Crippen LogP contribution in [0.15, 0.2) is 0 Å². The van der Waals surface area contributed by atoms with Crippen LogP contribution in [0.1, 0.15) is 20.8 Å². The molecule has 0 aromatic carbocycles. The number of carbonyl (C=O) groups excluding carboxylic acids is 1. The number of rotatable bonds is 3. The molecule has 14 heavy (non-hydrogen) atoms. The minimum absolute atomic E-state index is 0.00917. The van der Waals surface area contributed by atoms with E-state index in [2.05, 4.69) is 12.0 Å². The van der Waals surface area contributed by atoms with Gasteiger partial charge in [0.05, 0.1) is 0 Å². The van der Waals surface area contributed by atoms with Gasteiger partial charge in [-0.05, 0) is 0 Å². The molecule has 4 nitrogen and oxygen atoms in total. The fraction of sp³-hybridized carbons (Fsp3) is 0.875. The quantitative estimate of drug-likeness (QED) is 0.132. The van der Waals surface area contributed by atoms with E-state index in [4.69, 9.17) is 4.74 Å². The Balaban J connectivity index is 1.95. The molecule has 0 amide bonds. The molecule has 2 saturated heterocycles. The number of hydrogen-bond acceptors (Lipinski definition) is 4. The van der Waals surface area contributed by atoms with Crippen LogP contribution in [-0.2, 0) is 9.53 Å². The van der Waals surface area contributed by atoms with Gasteiger partial charge in [-0.3, -0.25) is 0 Å². The van der Waals surface area contributed by atoms with Gasteiger partial charge in [0.2, 0.25) is 0 Å². The average molecular weight is 425 g/mol. The van der Waals surface area contributed by atoms with Crippen LogP contribution in [0.25, 0.3) is 0 Å². The third kappa shape index (κ3) is 2.03. The van der Waals surface area contributed by atoms with E-state index in [1.807, 2.05) is 20.8 Å². The molecule has 0 aromatic heterocycles. The summed E-state index contributed by atoms with van der Waals surface area (Å²) in [6.45, 7) is 5.76. The van der Waals surface area contributed by atoms with Crippen LogP contribution < -0.4 is 28.3 Å². The number of alkyl halides is 3. The van der Waals surface area contributed by atoms with Crippen molar-refractivity contribution in [2.75, 3.05) is 4.93 Å². The van der Waals surface area contributed by atoms with Crippen molar-refractivity contribution in [3.05, 3.63) is 0 Å². The van der Waals surface area contributed by atoms with Gasteiger partial charge in [0.25, 0.3) is 0 Å². The fourth-order valence-electron chi connectivity index (χ4n) is 1.19. The van der Waals surface area contributed by atoms with E-state index in [1.165, 1.54) is 0 Å². The molecule has 6 heteroatoms. The predicted octanol–water partition coefficient (Wildman–Crippen LogP) is -2.39. The summed E-state index contributed by atoms with van der Waals surface area (Å²) in [5.41, 5.74) is -0.353. The Labute approximate surface area is 102 Å². The van der Waals surface area contributed by atoms with Crippen LogP contribution in [-0.4, -0.2) is 24.1 Å². The van der Waals surface area contributed by atoms with Crippen LogP contribution in [0.3, 0.4) is 0 Å². The summed E-state index contributed by atoms with van der Waals surface area (Å²) in [5.74, 6) is -0.00917. The van der Waals surface area contributed by atoms with Crippen LogP contribution >= 0.6 is 20.4 Å². The molecule has 0 radical (unpaired) electrons. The first kappa shape index (κ1) is 11.3. The van der Waals surface area contributed by atoms with E-state index < -0.39 is 20.4 Å². The van der Waals surface area contributed by atoms with Gasteiger partial charge in [-0.15, -0.1) is 0 Å². The van der Waals surface area contributed by atoms with E-state index in [-0.39, 0.29) is 40.4 Å². The molecule has 2 aliphatic heterocycles. The molecular formula is C8H15I2N2O2-. The van der Waals surface area contributed by atoms with Crippen molar-refractivity contribution < 1.29 is 30.7 Å². The monoisotopic (exact) mass is 425 g/mol. The number of fused-ring (bicyclic) bond motifs is 1. The zero-order valence-electron chi connectivity index (χ0n) is 8.65. The van der Waals surface area contributed by atoms with E-state index in [1.54, 1.807) is 0 Å².